The smallest absolute Gasteiger partial charge is 0.240 e. The minimum atomic E-state index is -0.137. The Labute approximate surface area is 158 Å². The number of amides is 1. The number of hydrogen-bond acceptors (Lipinski definition) is 4. The van der Waals surface area contributed by atoms with Gasteiger partial charge in [0.25, 0.3) is 0 Å². The third-order valence-electron chi connectivity index (χ3n) is 3.00. The normalized spacial score (nSPS) is 10.8. The van der Waals surface area contributed by atoms with Crippen LogP contribution in [0, 0.1) is 0 Å². The van der Waals surface area contributed by atoms with Gasteiger partial charge >= 0.3 is 0 Å². The summed E-state index contributed by atoms with van der Waals surface area (Å²) in [7, 11) is 1.59. The van der Waals surface area contributed by atoms with Crippen LogP contribution in [0.15, 0.2) is 56.9 Å². The molecule has 2 aromatic carbocycles. The van der Waals surface area contributed by atoms with Gasteiger partial charge in [0.15, 0.2) is 0 Å². The lowest BCUT2D eigenvalue weighted by Gasteiger charge is -2.05. The monoisotopic (exact) mass is 426 g/mol. The first kappa shape index (κ1) is 18.8. The fourth-order valence-corrected chi connectivity index (χ4v) is 3.18. The molecule has 2 rings (SSSR count). The maximum absolute atomic E-state index is 11.8. The molecule has 0 unspecified atom stereocenters. The Hall–Kier alpha value is -1.50. The molecule has 1 amide bonds. The summed E-state index contributed by atoms with van der Waals surface area (Å²) in [6, 6.07) is 13.1. The van der Waals surface area contributed by atoms with E-state index in [1.807, 2.05) is 42.5 Å². The van der Waals surface area contributed by atoms with Gasteiger partial charge in [0.2, 0.25) is 5.91 Å². The molecule has 24 heavy (non-hydrogen) atoms. The molecule has 0 aliphatic carbocycles. The minimum absolute atomic E-state index is 0.137. The first-order valence-electron chi connectivity index (χ1n) is 7.12. The highest BCUT2D eigenvalue weighted by atomic mass is 79.9. The number of halogens is 2. The first-order valence-corrected chi connectivity index (χ1v) is 9.28. The number of ether oxygens (including phenoxy) is 1. The maximum atomic E-state index is 11.8. The molecule has 4 nitrogen and oxygen atoms in total. The second-order valence-electron chi connectivity index (χ2n) is 4.73. The lowest BCUT2D eigenvalue weighted by molar-refractivity contribution is -0.120. The number of rotatable bonds is 7. The van der Waals surface area contributed by atoms with E-state index in [4.69, 9.17) is 16.3 Å². The summed E-state index contributed by atoms with van der Waals surface area (Å²) >= 11 is 10.8. The van der Waals surface area contributed by atoms with E-state index < -0.39 is 0 Å². The summed E-state index contributed by atoms with van der Waals surface area (Å²) in [5.41, 5.74) is 3.30. The van der Waals surface area contributed by atoms with Gasteiger partial charge in [0, 0.05) is 32.1 Å². The number of carbonyl (C=O) groups excluding carboxylic acids is 1. The van der Waals surface area contributed by atoms with Crippen LogP contribution in [0.4, 0.5) is 0 Å². The number of nitrogens with zero attached hydrogens (tertiary/aromatic N) is 1. The van der Waals surface area contributed by atoms with Gasteiger partial charge in [-0.1, -0.05) is 27.5 Å². The molecule has 0 atom stereocenters. The predicted octanol–water partition coefficient (Wildman–Crippen LogP) is 4.74. The van der Waals surface area contributed by atoms with Gasteiger partial charge < -0.3 is 4.74 Å². The van der Waals surface area contributed by atoms with Crippen LogP contribution >= 0.6 is 39.3 Å². The number of hydrogen-bond donors (Lipinski definition) is 1. The van der Waals surface area contributed by atoms with Gasteiger partial charge in [0.1, 0.15) is 5.75 Å². The van der Waals surface area contributed by atoms with Crippen LogP contribution in [0.2, 0.25) is 5.02 Å². The summed E-state index contributed by atoms with van der Waals surface area (Å²) in [6.45, 7) is 0. The Kier molecular flexibility index (Phi) is 7.62. The Balaban J connectivity index is 1.78. The SMILES string of the molecule is COc1ccc(Br)cc1/C=N\NC(=O)CCSc1ccc(Cl)cc1. The molecule has 0 aliphatic rings. The minimum Gasteiger partial charge on any atom is -0.496 e. The van der Waals surface area contributed by atoms with Crippen molar-refractivity contribution in [3.63, 3.8) is 0 Å². The molecular weight excluding hydrogens is 412 g/mol. The van der Waals surface area contributed by atoms with Crippen LogP contribution < -0.4 is 10.2 Å². The highest BCUT2D eigenvalue weighted by Crippen LogP contribution is 2.22. The van der Waals surface area contributed by atoms with Crippen LogP contribution in [0.25, 0.3) is 0 Å². The molecule has 0 saturated heterocycles. The molecule has 7 heteroatoms. The van der Waals surface area contributed by atoms with E-state index in [-0.39, 0.29) is 5.91 Å². The third-order valence-corrected chi connectivity index (χ3v) is 4.76. The average Bonchev–Trinajstić information content (AvgIpc) is 2.57. The molecule has 0 heterocycles. The standard InChI is InChI=1S/C17H16BrClN2O2S/c1-23-16-7-2-13(18)10-12(16)11-20-21-17(22)8-9-24-15-5-3-14(19)4-6-15/h2-7,10-11H,8-9H2,1H3,(H,21,22)/b20-11-. The van der Waals surface area contributed by atoms with Gasteiger partial charge in [-0.3, -0.25) is 4.79 Å². The van der Waals surface area contributed by atoms with Crippen molar-refractivity contribution < 1.29 is 9.53 Å². The van der Waals surface area contributed by atoms with Crippen molar-refractivity contribution >= 4 is 51.4 Å². The molecule has 0 spiro atoms. The van der Waals surface area contributed by atoms with Gasteiger partial charge in [-0.25, -0.2) is 5.43 Å². The molecule has 0 radical (unpaired) electrons. The van der Waals surface area contributed by atoms with E-state index >= 15 is 0 Å². The van der Waals surface area contributed by atoms with E-state index in [1.165, 1.54) is 0 Å². The zero-order valence-electron chi connectivity index (χ0n) is 13.0. The van der Waals surface area contributed by atoms with Crippen LogP contribution in [0.3, 0.4) is 0 Å². The molecule has 0 aliphatic heterocycles. The molecule has 1 N–H and O–H groups in total. The third kappa shape index (κ3) is 6.19. The van der Waals surface area contributed by atoms with Crippen molar-refractivity contribution in [2.45, 2.75) is 11.3 Å². The summed E-state index contributed by atoms with van der Waals surface area (Å²) in [5, 5.41) is 4.68. The van der Waals surface area contributed by atoms with Gasteiger partial charge in [-0.15, -0.1) is 11.8 Å². The average molecular weight is 428 g/mol. The zero-order valence-corrected chi connectivity index (χ0v) is 16.1. The Bertz CT molecular complexity index is 723. The van der Waals surface area contributed by atoms with E-state index in [2.05, 4.69) is 26.5 Å². The van der Waals surface area contributed by atoms with E-state index in [0.29, 0.717) is 22.9 Å². The molecule has 0 fully saturated rings. The van der Waals surface area contributed by atoms with Gasteiger partial charge in [0.05, 0.1) is 13.3 Å². The van der Waals surface area contributed by atoms with Gasteiger partial charge in [-0.2, -0.15) is 5.10 Å². The highest BCUT2D eigenvalue weighted by Gasteiger charge is 2.03. The second kappa shape index (κ2) is 9.71. The summed E-state index contributed by atoms with van der Waals surface area (Å²) < 4.78 is 6.16. The van der Waals surface area contributed by atoms with Gasteiger partial charge in [-0.05, 0) is 42.5 Å². The van der Waals surface area contributed by atoms with Crippen LogP contribution in [0.1, 0.15) is 12.0 Å². The summed E-state index contributed by atoms with van der Waals surface area (Å²) in [6.07, 6.45) is 1.94. The highest BCUT2D eigenvalue weighted by molar-refractivity contribution is 9.10. The quantitative estimate of drug-likeness (QED) is 0.394. The number of carbonyl (C=O) groups is 1. The van der Waals surface area contributed by atoms with Crippen molar-refractivity contribution in [1.29, 1.82) is 0 Å². The van der Waals surface area contributed by atoms with Crippen molar-refractivity contribution in [1.82, 2.24) is 5.43 Å². The second-order valence-corrected chi connectivity index (χ2v) is 7.25. The van der Waals surface area contributed by atoms with E-state index in [0.717, 1.165) is 14.9 Å². The lowest BCUT2D eigenvalue weighted by Crippen LogP contribution is -2.17. The molecule has 0 bridgehead atoms. The molecule has 126 valence electrons. The Morgan fingerprint density at radius 1 is 1.33 bits per heavy atom. The Morgan fingerprint density at radius 2 is 2.08 bits per heavy atom. The molecule has 2 aromatic rings. The van der Waals surface area contributed by atoms with Crippen molar-refractivity contribution in [3.8, 4) is 5.75 Å². The Morgan fingerprint density at radius 3 is 2.79 bits per heavy atom. The number of nitrogens with one attached hydrogen (secondary N) is 1. The van der Waals surface area contributed by atoms with Crippen molar-refractivity contribution in [2.24, 2.45) is 5.10 Å². The molecule has 0 saturated carbocycles. The van der Waals surface area contributed by atoms with Crippen LogP contribution in [-0.4, -0.2) is 25.0 Å². The zero-order chi connectivity index (χ0) is 17.4. The topological polar surface area (TPSA) is 50.7 Å². The van der Waals surface area contributed by atoms with E-state index in [1.54, 1.807) is 25.1 Å². The largest absolute Gasteiger partial charge is 0.496 e. The molecule has 0 aromatic heterocycles. The van der Waals surface area contributed by atoms with Crippen LogP contribution in [-0.2, 0) is 4.79 Å². The van der Waals surface area contributed by atoms with E-state index in [9.17, 15) is 4.79 Å². The summed E-state index contributed by atoms with van der Waals surface area (Å²) in [4.78, 5) is 12.9. The fraction of sp³-hybridized carbons (Fsp3) is 0.176. The number of hydrazone groups is 1. The lowest BCUT2D eigenvalue weighted by atomic mass is 10.2. The number of benzene rings is 2. The fourth-order valence-electron chi connectivity index (χ4n) is 1.83. The maximum Gasteiger partial charge on any atom is 0.240 e. The predicted molar refractivity (Wildman–Crippen MR) is 103 cm³/mol. The molecular formula is C17H16BrClN2O2S. The van der Waals surface area contributed by atoms with Crippen molar-refractivity contribution in [2.75, 3.05) is 12.9 Å². The first-order chi connectivity index (χ1) is 11.6. The summed E-state index contributed by atoms with van der Waals surface area (Å²) in [5.74, 6) is 1.22. The van der Waals surface area contributed by atoms with Crippen molar-refractivity contribution in [3.05, 3.63) is 57.5 Å². The number of thioether (sulfide) groups is 1. The number of methoxy groups -OCH3 is 1. The van der Waals surface area contributed by atoms with Crippen LogP contribution in [0.5, 0.6) is 5.75 Å².